The van der Waals surface area contributed by atoms with Crippen LogP contribution in [0, 0.1) is 0 Å². The fourth-order valence-electron chi connectivity index (χ4n) is 0. The summed E-state index contributed by atoms with van der Waals surface area (Å²) in [6.45, 7) is 0. The van der Waals surface area contributed by atoms with Crippen LogP contribution in [0.4, 0.5) is 0 Å². The molecule has 0 aromatic heterocycles. The van der Waals surface area contributed by atoms with Crippen LogP contribution in [0.3, 0.4) is 0 Å². The van der Waals surface area contributed by atoms with Crippen molar-refractivity contribution < 1.29 is 0 Å². The summed E-state index contributed by atoms with van der Waals surface area (Å²) in [5.74, 6) is 0. The molecule has 0 N–H and O–H groups in total. The highest BCUT2D eigenvalue weighted by Crippen LogP contribution is 2.01. The summed E-state index contributed by atoms with van der Waals surface area (Å²) in [7, 11) is -1.48. The normalized spacial score (nSPS) is 15.2. The second kappa shape index (κ2) is 2.46. The molecular formula is H3Cl2PSi. The van der Waals surface area contributed by atoms with E-state index in [1.54, 1.807) is 0 Å². The minimum atomic E-state index is -1.51. The van der Waals surface area contributed by atoms with E-state index in [-0.39, 0.29) is 8.73 Å². The Morgan fingerprint density at radius 1 is 2.00 bits per heavy atom. The minimum Gasteiger partial charge on any atom is -0.145 e. The summed E-state index contributed by atoms with van der Waals surface area (Å²) in [5.41, 5.74) is 0. The molecule has 0 saturated heterocycles. The van der Waals surface area contributed by atoms with Gasteiger partial charge in [0.05, 0.1) is 1.28 Å². The smallest absolute Gasteiger partial charge is 0.145 e. The largest absolute Gasteiger partial charge is 0.254 e. The molecular weight excluding hydrogens is 130 g/mol. The maximum absolute atomic E-state index is 6.48. The van der Waals surface area contributed by atoms with Gasteiger partial charge in [-0.3, -0.25) is 0 Å². The van der Waals surface area contributed by atoms with Gasteiger partial charge in [0.1, 0.15) is 0 Å². The van der Waals surface area contributed by atoms with Gasteiger partial charge in [-0.05, 0) is 0 Å². The van der Waals surface area contributed by atoms with Crippen LogP contribution in [0.2, 0.25) is 0 Å². The van der Waals surface area contributed by atoms with Crippen LogP contribution in [-0.2, 0) is 0 Å². The SMILES string of the molecule is [2H]P[SiH](Cl)Cl. The predicted molar refractivity (Wildman–Crippen MR) is 28.6 cm³/mol. The van der Waals surface area contributed by atoms with Crippen LogP contribution < -0.4 is 0 Å². The second-order valence-electron chi connectivity index (χ2n) is 0.301. The summed E-state index contributed by atoms with van der Waals surface area (Å²) in [5, 5.41) is 0. The number of hydrogen-bond acceptors (Lipinski definition) is 0. The summed E-state index contributed by atoms with van der Waals surface area (Å²) in [4.78, 5) is 0. The molecule has 0 fully saturated rings. The van der Waals surface area contributed by atoms with E-state index in [2.05, 4.69) is 0 Å². The van der Waals surface area contributed by atoms with Crippen molar-refractivity contribution in [3.05, 3.63) is 0 Å². The van der Waals surface area contributed by atoms with E-state index in [1.807, 2.05) is 0 Å². The van der Waals surface area contributed by atoms with Crippen molar-refractivity contribution in [3.63, 3.8) is 0 Å². The highest BCUT2D eigenvalue weighted by Gasteiger charge is 1.80. The van der Waals surface area contributed by atoms with Crippen molar-refractivity contribution in [1.29, 1.82) is 1.28 Å². The van der Waals surface area contributed by atoms with Gasteiger partial charge in [-0.15, -0.1) is 30.9 Å². The fourth-order valence-corrected chi connectivity index (χ4v) is 0. The molecule has 1 unspecified atom stereocenters. The maximum atomic E-state index is 6.48. The predicted octanol–water partition coefficient (Wildman–Crippen LogP) is 1.06. The first-order chi connectivity index (χ1) is 2.27. The molecule has 0 aliphatic rings. The van der Waals surface area contributed by atoms with Crippen LogP contribution in [0.25, 0.3) is 0 Å². The van der Waals surface area contributed by atoms with Crippen LogP contribution in [-0.4, -0.2) is 8.36 Å². The molecule has 0 amide bonds. The molecule has 0 aliphatic carbocycles. The van der Waals surface area contributed by atoms with Gasteiger partial charge in [-0.25, -0.2) is 0 Å². The van der Waals surface area contributed by atoms with Gasteiger partial charge in [-0.2, -0.15) is 0 Å². The number of hydrogen-bond donors (Lipinski definition) is 0. The Morgan fingerprint density at radius 3 is 2.25 bits per heavy atom. The Morgan fingerprint density at radius 2 is 2.25 bits per heavy atom. The first kappa shape index (κ1) is 3.42. The first-order valence-corrected chi connectivity index (χ1v) is 6.53. The zero-order valence-corrected chi connectivity index (χ0v) is 5.50. The van der Waals surface area contributed by atoms with Gasteiger partial charge >= 0.3 is 0 Å². The van der Waals surface area contributed by atoms with Crippen molar-refractivity contribution in [2.45, 2.75) is 0 Å². The van der Waals surface area contributed by atoms with Crippen molar-refractivity contribution in [2.75, 3.05) is 0 Å². The highest BCUT2D eigenvalue weighted by atomic mass is 35.7. The van der Waals surface area contributed by atoms with Gasteiger partial charge in [0.25, 0.3) is 7.08 Å². The summed E-state index contributed by atoms with van der Waals surface area (Å²) < 4.78 is 6.48. The summed E-state index contributed by atoms with van der Waals surface area (Å²) in [6, 6.07) is 0. The van der Waals surface area contributed by atoms with Gasteiger partial charge in [0.15, 0.2) is 0 Å². The van der Waals surface area contributed by atoms with E-state index in [9.17, 15) is 0 Å². The number of halogens is 2. The zero-order valence-electron chi connectivity index (χ0n) is 2.83. The van der Waals surface area contributed by atoms with Crippen LogP contribution in [0.15, 0.2) is 0 Å². The molecule has 0 nitrogen and oxygen atoms in total. The molecule has 4 heteroatoms. The van der Waals surface area contributed by atoms with Crippen molar-refractivity contribution in [1.82, 2.24) is 0 Å². The lowest BCUT2D eigenvalue weighted by Crippen LogP contribution is -1.64. The van der Waals surface area contributed by atoms with Crippen molar-refractivity contribution >= 4 is 38.0 Å². The monoisotopic (exact) mass is 133 g/mol. The van der Waals surface area contributed by atoms with Gasteiger partial charge in [-0.1, -0.05) is 0 Å². The first-order valence-electron chi connectivity index (χ1n) is 1.23. The molecule has 26 valence electrons. The summed E-state index contributed by atoms with van der Waals surface area (Å²) in [6.07, 6.45) is 0. The van der Waals surface area contributed by atoms with E-state index in [0.717, 1.165) is 0 Å². The molecule has 0 aliphatic heterocycles. The van der Waals surface area contributed by atoms with Gasteiger partial charge < -0.3 is 0 Å². The van der Waals surface area contributed by atoms with Crippen molar-refractivity contribution in [2.24, 2.45) is 0 Å². The van der Waals surface area contributed by atoms with Gasteiger partial charge in [0.2, 0.25) is 0 Å². The third kappa shape index (κ3) is 10.6. The molecule has 0 aromatic carbocycles. The average Bonchev–Trinajstić information content (AvgIpc) is 1.38. The number of rotatable bonds is 1. The standard InChI is InChI=1S/Cl2H3PSi/c1-4(2)3/h4H,3H2/i3D. The Kier molecular flexibility index (Phi) is 2.11. The minimum absolute atomic E-state index is 0.0340. The zero-order chi connectivity index (χ0) is 4.28. The van der Waals surface area contributed by atoms with E-state index in [1.165, 1.54) is 0 Å². The second-order valence-corrected chi connectivity index (χ2v) is 8.12. The Balaban J connectivity index is 2.54. The molecule has 0 rings (SSSR count). The Labute approximate surface area is 39.8 Å². The van der Waals surface area contributed by atoms with Crippen LogP contribution in [0.1, 0.15) is 0 Å². The van der Waals surface area contributed by atoms with Crippen molar-refractivity contribution in [3.8, 4) is 0 Å². The lowest BCUT2D eigenvalue weighted by Gasteiger charge is -1.68. The van der Waals surface area contributed by atoms with Crippen LogP contribution in [0.5, 0.6) is 0 Å². The fraction of sp³-hybridized carbons (Fsp3) is 0. The van der Waals surface area contributed by atoms with Gasteiger partial charge in [0, 0.05) is 0 Å². The molecule has 0 radical (unpaired) electrons. The van der Waals surface area contributed by atoms with E-state index in [4.69, 9.17) is 23.4 Å². The van der Waals surface area contributed by atoms with E-state index < -0.39 is 7.08 Å². The molecule has 0 saturated carbocycles. The third-order valence-electron chi connectivity index (χ3n) is 0. The van der Waals surface area contributed by atoms with E-state index in [0.29, 0.717) is 0 Å². The molecule has 0 bridgehead atoms. The van der Waals surface area contributed by atoms with Crippen LogP contribution >= 0.6 is 30.9 Å². The summed E-state index contributed by atoms with van der Waals surface area (Å²) >= 11 is 10.4. The average molecular weight is 134 g/mol. The molecule has 0 aromatic rings. The molecule has 0 spiro atoms. The third-order valence-corrected chi connectivity index (χ3v) is 0. The Bertz CT molecular complexity index is 23.6. The van der Waals surface area contributed by atoms with E-state index >= 15 is 0 Å². The molecule has 0 heterocycles. The maximum Gasteiger partial charge on any atom is 0.254 e. The lowest BCUT2D eigenvalue weighted by atomic mass is 27.5. The quantitative estimate of drug-likeness (QED) is 0.285. The Hall–Kier alpha value is 1.23. The molecule has 4 heavy (non-hydrogen) atoms. The lowest BCUT2D eigenvalue weighted by molar-refractivity contribution is 4.19. The highest BCUT2D eigenvalue weighted by molar-refractivity contribution is 7.84. The molecule has 1 atom stereocenters. The topological polar surface area (TPSA) is 0 Å².